The van der Waals surface area contributed by atoms with Crippen LogP contribution in [0.2, 0.25) is 0 Å². The van der Waals surface area contributed by atoms with Crippen molar-refractivity contribution in [2.24, 2.45) is 11.8 Å². The Morgan fingerprint density at radius 1 is 1.19 bits per heavy atom. The predicted octanol–water partition coefficient (Wildman–Crippen LogP) is 5.06. The average Bonchev–Trinajstić information content (AvgIpc) is 3.37. The van der Waals surface area contributed by atoms with E-state index in [1.807, 2.05) is 59.3 Å². The molecule has 32 heavy (non-hydrogen) atoms. The van der Waals surface area contributed by atoms with Crippen LogP contribution in [0.5, 0.6) is 0 Å². The first-order valence-electron chi connectivity index (χ1n) is 11.6. The molecule has 2 aliphatic rings. The van der Waals surface area contributed by atoms with E-state index in [0.717, 1.165) is 28.6 Å². The number of thiophene rings is 1. The normalized spacial score (nSPS) is 28.0. The van der Waals surface area contributed by atoms with Gasteiger partial charge < -0.3 is 14.8 Å². The molecule has 1 fully saturated rings. The van der Waals surface area contributed by atoms with Gasteiger partial charge in [-0.25, -0.2) is 0 Å². The number of hydrogen-bond acceptors (Lipinski definition) is 3. The minimum absolute atomic E-state index is 0.0459. The van der Waals surface area contributed by atoms with E-state index in [1.54, 1.807) is 16.2 Å². The predicted molar refractivity (Wildman–Crippen MR) is 129 cm³/mol. The third kappa shape index (κ3) is 3.45. The van der Waals surface area contributed by atoms with Crippen LogP contribution >= 0.6 is 11.3 Å². The van der Waals surface area contributed by atoms with Crippen molar-refractivity contribution in [1.82, 2.24) is 14.8 Å². The summed E-state index contributed by atoms with van der Waals surface area (Å²) in [7, 11) is 0. The van der Waals surface area contributed by atoms with Crippen molar-refractivity contribution >= 4 is 33.4 Å². The Bertz CT molecular complexity index is 1150. The van der Waals surface area contributed by atoms with E-state index in [1.165, 1.54) is 6.42 Å². The summed E-state index contributed by atoms with van der Waals surface area (Å²) in [6.45, 7) is 7.32. The van der Waals surface area contributed by atoms with Crippen molar-refractivity contribution in [3.8, 4) is 0 Å². The van der Waals surface area contributed by atoms with E-state index in [2.05, 4.69) is 19.2 Å². The second kappa shape index (κ2) is 8.07. The molecule has 5 nitrogen and oxygen atoms in total. The van der Waals surface area contributed by atoms with E-state index in [4.69, 9.17) is 0 Å². The molecule has 4 atom stereocenters. The minimum atomic E-state index is -0.964. The van der Waals surface area contributed by atoms with Gasteiger partial charge in [0, 0.05) is 12.6 Å². The SMILES string of the molecule is CC1CCCC(NC(=O)C2(C)Cn3c(cc4sccc43)C(=O)N2Cc2ccccc2)C1C. The first kappa shape index (κ1) is 21.3. The molecule has 0 spiro atoms. The number of nitrogens with one attached hydrogen (secondary N) is 1. The smallest absolute Gasteiger partial charge is 0.271 e. The monoisotopic (exact) mass is 449 g/mol. The van der Waals surface area contributed by atoms with Gasteiger partial charge in [0.25, 0.3) is 5.91 Å². The quantitative estimate of drug-likeness (QED) is 0.605. The summed E-state index contributed by atoms with van der Waals surface area (Å²) < 4.78 is 3.13. The van der Waals surface area contributed by atoms with Crippen LogP contribution in [-0.2, 0) is 17.9 Å². The molecule has 168 valence electrons. The lowest BCUT2D eigenvalue weighted by Crippen LogP contribution is -2.65. The number of aromatic nitrogens is 1. The molecule has 5 rings (SSSR count). The maximum atomic E-state index is 13.9. The number of nitrogens with zero attached hydrogens (tertiary/aromatic N) is 2. The molecule has 3 aromatic rings. The van der Waals surface area contributed by atoms with Crippen LogP contribution in [-0.4, -0.2) is 32.9 Å². The van der Waals surface area contributed by atoms with Crippen LogP contribution in [0.15, 0.2) is 47.8 Å². The van der Waals surface area contributed by atoms with Crippen molar-refractivity contribution in [1.29, 1.82) is 0 Å². The Balaban J connectivity index is 1.52. The van der Waals surface area contributed by atoms with Crippen LogP contribution in [0.25, 0.3) is 10.2 Å². The largest absolute Gasteiger partial charge is 0.351 e. The van der Waals surface area contributed by atoms with Crippen LogP contribution < -0.4 is 5.32 Å². The molecular weight excluding hydrogens is 418 g/mol. The Labute approximate surface area is 193 Å². The fraction of sp³-hybridized carbons (Fsp3) is 0.462. The second-order valence-corrected chi connectivity index (χ2v) is 10.7. The summed E-state index contributed by atoms with van der Waals surface area (Å²) in [5, 5.41) is 5.41. The lowest BCUT2D eigenvalue weighted by Gasteiger charge is -2.45. The van der Waals surface area contributed by atoms with Gasteiger partial charge in [0.2, 0.25) is 5.91 Å². The number of benzene rings is 1. The van der Waals surface area contributed by atoms with E-state index in [0.29, 0.717) is 30.6 Å². The Morgan fingerprint density at radius 2 is 1.97 bits per heavy atom. The highest BCUT2D eigenvalue weighted by atomic mass is 32.1. The number of fused-ring (bicyclic) bond motifs is 3. The van der Waals surface area contributed by atoms with Gasteiger partial charge in [-0.1, -0.05) is 57.0 Å². The lowest BCUT2D eigenvalue weighted by atomic mass is 9.77. The molecule has 1 saturated carbocycles. The summed E-state index contributed by atoms with van der Waals surface area (Å²) in [5.74, 6) is 0.905. The van der Waals surface area contributed by atoms with Crippen molar-refractivity contribution in [3.05, 3.63) is 59.1 Å². The average molecular weight is 450 g/mol. The second-order valence-electron chi connectivity index (χ2n) is 9.78. The highest BCUT2D eigenvalue weighted by Crippen LogP contribution is 2.36. The Kier molecular flexibility index (Phi) is 5.36. The molecule has 1 N–H and O–H groups in total. The van der Waals surface area contributed by atoms with E-state index in [9.17, 15) is 9.59 Å². The van der Waals surface area contributed by atoms with Crippen molar-refractivity contribution in [3.63, 3.8) is 0 Å². The number of carbonyl (C=O) groups excluding carboxylic acids is 2. The van der Waals surface area contributed by atoms with E-state index >= 15 is 0 Å². The molecule has 0 bridgehead atoms. The number of rotatable bonds is 4. The summed E-state index contributed by atoms with van der Waals surface area (Å²) in [6.07, 6.45) is 3.35. The van der Waals surface area contributed by atoms with Gasteiger partial charge in [-0.2, -0.15) is 0 Å². The molecule has 0 saturated heterocycles. The standard InChI is InChI=1S/C26H31N3O2S/c1-17-8-7-11-20(18(17)2)27-25(31)26(3)16-28-21-12-13-32-23(21)14-22(28)24(30)29(26)15-19-9-5-4-6-10-19/h4-6,9-10,12-14,17-18,20H,7-8,11,15-16H2,1-3H3,(H,27,31). The fourth-order valence-electron chi connectivity index (χ4n) is 5.40. The molecule has 4 unspecified atom stereocenters. The van der Waals surface area contributed by atoms with Crippen LogP contribution in [0.4, 0.5) is 0 Å². The maximum absolute atomic E-state index is 13.9. The lowest BCUT2D eigenvalue weighted by molar-refractivity contribution is -0.134. The molecule has 1 aliphatic carbocycles. The first-order chi connectivity index (χ1) is 15.4. The van der Waals surface area contributed by atoms with Gasteiger partial charge in [-0.05, 0) is 48.3 Å². The van der Waals surface area contributed by atoms with Crippen LogP contribution in [0.1, 0.15) is 56.1 Å². The van der Waals surface area contributed by atoms with Gasteiger partial charge in [0.05, 0.1) is 16.8 Å². The van der Waals surface area contributed by atoms with Gasteiger partial charge in [0.15, 0.2) is 0 Å². The molecule has 2 amide bonds. The van der Waals surface area contributed by atoms with Gasteiger partial charge >= 0.3 is 0 Å². The van der Waals surface area contributed by atoms with E-state index in [-0.39, 0.29) is 17.9 Å². The first-order valence-corrected chi connectivity index (χ1v) is 12.5. The zero-order valence-electron chi connectivity index (χ0n) is 19.0. The topological polar surface area (TPSA) is 54.3 Å². The van der Waals surface area contributed by atoms with Gasteiger partial charge in [0.1, 0.15) is 11.2 Å². The zero-order chi connectivity index (χ0) is 22.5. The van der Waals surface area contributed by atoms with E-state index < -0.39 is 5.54 Å². The summed E-state index contributed by atoms with van der Waals surface area (Å²) in [5.41, 5.74) is 1.78. The maximum Gasteiger partial charge on any atom is 0.271 e. The number of amides is 2. The third-order valence-electron chi connectivity index (χ3n) is 7.74. The zero-order valence-corrected chi connectivity index (χ0v) is 19.8. The summed E-state index contributed by atoms with van der Waals surface area (Å²) >= 11 is 1.63. The summed E-state index contributed by atoms with van der Waals surface area (Å²) in [4.78, 5) is 29.4. The highest BCUT2D eigenvalue weighted by Gasteiger charge is 2.48. The number of carbonyl (C=O) groups is 2. The fourth-order valence-corrected chi connectivity index (χ4v) is 6.22. The molecule has 1 aromatic carbocycles. The Hall–Kier alpha value is -2.60. The van der Waals surface area contributed by atoms with Gasteiger partial charge in [-0.15, -0.1) is 11.3 Å². The van der Waals surface area contributed by atoms with Gasteiger partial charge in [-0.3, -0.25) is 9.59 Å². The van der Waals surface area contributed by atoms with Crippen molar-refractivity contribution in [2.45, 2.75) is 64.7 Å². The molecule has 0 radical (unpaired) electrons. The van der Waals surface area contributed by atoms with Crippen LogP contribution in [0, 0.1) is 11.8 Å². The van der Waals surface area contributed by atoms with Crippen LogP contribution in [0.3, 0.4) is 0 Å². The summed E-state index contributed by atoms with van der Waals surface area (Å²) in [6, 6.07) is 14.1. The van der Waals surface area contributed by atoms with Crippen molar-refractivity contribution < 1.29 is 9.59 Å². The Morgan fingerprint density at radius 3 is 2.75 bits per heavy atom. The molecule has 2 aromatic heterocycles. The van der Waals surface area contributed by atoms with Crippen molar-refractivity contribution in [2.75, 3.05) is 0 Å². The third-order valence-corrected chi connectivity index (χ3v) is 8.60. The molecule has 3 heterocycles. The minimum Gasteiger partial charge on any atom is -0.351 e. The molecule has 1 aliphatic heterocycles. The molecule has 6 heteroatoms. The molecular formula is C26H31N3O2S. The highest BCUT2D eigenvalue weighted by molar-refractivity contribution is 7.17. The number of hydrogen-bond donors (Lipinski definition) is 1.